The number of ether oxygens (including phenoxy) is 1. The fraction of sp³-hybridized carbons (Fsp3) is 0.533. The second-order valence-electron chi connectivity index (χ2n) is 5.86. The Kier molecular flexibility index (Phi) is 6.22. The average Bonchev–Trinajstić information content (AvgIpc) is 2.49. The zero-order chi connectivity index (χ0) is 17.9. The molecule has 0 spiro atoms. The highest BCUT2D eigenvalue weighted by Crippen LogP contribution is 2.25. The van der Waals surface area contributed by atoms with Gasteiger partial charge in [-0.2, -0.15) is 4.31 Å². The lowest BCUT2D eigenvalue weighted by Gasteiger charge is -2.34. The summed E-state index contributed by atoms with van der Waals surface area (Å²) < 4.78 is 32.7. The molecule has 1 atom stereocenters. The van der Waals surface area contributed by atoms with Crippen LogP contribution in [0.4, 0.5) is 0 Å². The summed E-state index contributed by atoms with van der Waals surface area (Å²) in [5.41, 5.74) is 0.630. The van der Waals surface area contributed by atoms with Crippen LogP contribution >= 0.6 is 11.6 Å². The molecule has 1 aliphatic rings. The summed E-state index contributed by atoms with van der Waals surface area (Å²) in [6.07, 6.45) is -0.377. The number of halogens is 1. The van der Waals surface area contributed by atoms with Crippen LogP contribution in [0.3, 0.4) is 0 Å². The molecule has 1 aromatic rings. The van der Waals surface area contributed by atoms with Crippen LogP contribution in [0.5, 0.6) is 0 Å². The van der Waals surface area contributed by atoms with Gasteiger partial charge in [0.15, 0.2) is 0 Å². The second kappa shape index (κ2) is 7.79. The first-order valence-electron chi connectivity index (χ1n) is 7.48. The minimum atomic E-state index is -3.67. The van der Waals surface area contributed by atoms with E-state index in [-0.39, 0.29) is 37.2 Å². The van der Waals surface area contributed by atoms with E-state index in [4.69, 9.17) is 21.4 Å². The number of carboxylic acids is 1. The zero-order valence-electron chi connectivity index (χ0n) is 13.6. The molecule has 24 heavy (non-hydrogen) atoms. The monoisotopic (exact) mass is 376 g/mol. The van der Waals surface area contributed by atoms with Crippen LogP contribution in [0, 0.1) is 6.92 Å². The molecule has 2 rings (SSSR count). The van der Waals surface area contributed by atoms with Crippen LogP contribution in [0.2, 0.25) is 5.02 Å². The molecule has 1 heterocycles. The highest BCUT2D eigenvalue weighted by Gasteiger charge is 2.32. The number of sulfonamides is 1. The molecule has 0 saturated carbocycles. The lowest BCUT2D eigenvalue weighted by molar-refractivity contribution is -0.138. The molecule has 1 unspecified atom stereocenters. The van der Waals surface area contributed by atoms with E-state index in [2.05, 4.69) is 0 Å². The number of morpholine rings is 1. The predicted octanol–water partition coefficient (Wildman–Crippen LogP) is 1.05. The number of likely N-dealkylation sites (N-methyl/N-ethyl adjacent to an activating group) is 1. The Morgan fingerprint density at radius 2 is 2.21 bits per heavy atom. The van der Waals surface area contributed by atoms with Crippen molar-refractivity contribution in [3.05, 3.63) is 28.8 Å². The van der Waals surface area contributed by atoms with Gasteiger partial charge in [-0.3, -0.25) is 9.69 Å². The zero-order valence-corrected chi connectivity index (χ0v) is 15.2. The number of aliphatic carboxylic acids is 1. The average molecular weight is 377 g/mol. The van der Waals surface area contributed by atoms with Crippen molar-refractivity contribution < 1.29 is 23.1 Å². The maximum Gasteiger partial charge on any atom is 0.317 e. The highest BCUT2D eigenvalue weighted by molar-refractivity contribution is 7.89. The van der Waals surface area contributed by atoms with E-state index in [0.29, 0.717) is 17.1 Å². The van der Waals surface area contributed by atoms with E-state index in [1.54, 1.807) is 31.0 Å². The number of nitrogens with zero attached hydrogens (tertiary/aromatic N) is 2. The third-order valence-electron chi connectivity index (χ3n) is 3.79. The molecular formula is C15H21ClN2O5S. The molecule has 1 saturated heterocycles. The van der Waals surface area contributed by atoms with Gasteiger partial charge < -0.3 is 9.84 Å². The van der Waals surface area contributed by atoms with E-state index < -0.39 is 16.0 Å². The summed E-state index contributed by atoms with van der Waals surface area (Å²) in [7, 11) is -2.01. The molecule has 1 aliphatic heterocycles. The van der Waals surface area contributed by atoms with Crippen molar-refractivity contribution in [3.8, 4) is 0 Å². The molecule has 7 nitrogen and oxygen atoms in total. The maximum atomic E-state index is 12.9. The molecule has 134 valence electrons. The number of carboxylic acid groups (broad SMARTS) is 1. The van der Waals surface area contributed by atoms with Crippen LogP contribution in [0.25, 0.3) is 0 Å². The van der Waals surface area contributed by atoms with Crippen molar-refractivity contribution in [1.29, 1.82) is 0 Å². The second-order valence-corrected chi connectivity index (χ2v) is 8.20. The Hall–Kier alpha value is -1.19. The predicted molar refractivity (Wildman–Crippen MR) is 89.8 cm³/mol. The first-order valence-corrected chi connectivity index (χ1v) is 9.30. The lowest BCUT2D eigenvalue weighted by atomic mass is 10.2. The van der Waals surface area contributed by atoms with Gasteiger partial charge in [-0.1, -0.05) is 17.7 Å². The first kappa shape index (κ1) is 19.1. The number of rotatable bonds is 6. The van der Waals surface area contributed by atoms with Crippen molar-refractivity contribution >= 4 is 27.6 Å². The van der Waals surface area contributed by atoms with Gasteiger partial charge in [0.25, 0.3) is 0 Å². The summed E-state index contributed by atoms with van der Waals surface area (Å²) in [4.78, 5) is 12.5. The highest BCUT2D eigenvalue weighted by atomic mass is 35.5. The van der Waals surface area contributed by atoms with E-state index in [1.807, 2.05) is 0 Å². The minimum absolute atomic E-state index is 0.125. The van der Waals surface area contributed by atoms with Gasteiger partial charge in [-0.05, 0) is 31.7 Å². The minimum Gasteiger partial charge on any atom is -0.480 e. The van der Waals surface area contributed by atoms with Gasteiger partial charge in [-0.25, -0.2) is 8.42 Å². The molecule has 0 amide bonds. The third kappa shape index (κ3) is 4.67. The van der Waals surface area contributed by atoms with Gasteiger partial charge in [-0.15, -0.1) is 0 Å². The molecule has 1 fully saturated rings. The van der Waals surface area contributed by atoms with Crippen molar-refractivity contribution in [2.24, 2.45) is 0 Å². The molecule has 0 aliphatic carbocycles. The first-order chi connectivity index (χ1) is 11.2. The quantitative estimate of drug-likeness (QED) is 0.798. The smallest absolute Gasteiger partial charge is 0.317 e. The molecule has 0 bridgehead atoms. The molecule has 1 N–H and O–H groups in total. The normalized spacial score (nSPS) is 19.6. The Morgan fingerprint density at radius 1 is 1.50 bits per heavy atom. The number of hydrogen-bond donors (Lipinski definition) is 1. The Labute approximate surface area is 146 Å². The number of aryl methyl sites for hydroxylation is 1. The Balaban J connectivity index is 2.13. The van der Waals surface area contributed by atoms with Gasteiger partial charge >= 0.3 is 5.97 Å². The maximum absolute atomic E-state index is 12.9. The summed E-state index contributed by atoms with van der Waals surface area (Å²) in [5, 5.41) is 9.16. The fourth-order valence-electron chi connectivity index (χ4n) is 2.66. The topological polar surface area (TPSA) is 87.2 Å². The molecular weight excluding hydrogens is 356 g/mol. The molecule has 9 heteroatoms. The number of carbonyl (C=O) groups is 1. The van der Waals surface area contributed by atoms with Crippen molar-refractivity contribution in [2.45, 2.75) is 17.9 Å². The lowest BCUT2D eigenvalue weighted by Crippen LogP contribution is -2.49. The summed E-state index contributed by atoms with van der Waals surface area (Å²) in [5.74, 6) is -0.938. The summed E-state index contributed by atoms with van der Waals surface area (Å²) >= 11 is 5.94. The number of hydrogen-bond acceptors (Lipinski definition) is 5. The number of benzene rings is 1. The summed E-state index contributed by atoms with van der Waals surface area (Å²) in [6, 6.07) is 4.78. The third-order valence-corrected chi connectivity index (χ3v) is 6.03. The summed E-state index contributed by atoms with van der Waals surface area (Å²) in [6.45, 7) is 2.64. The van der Waals surface area contributed by atoms with Crippen molar-refractivity contribution in [2.75, 3.05) is 39.8 Å². The van der Waals surface area contributed by atoms with E-state index >= 15 is 0 Å². The standard InChI is InChI=1S/C15H21ClN2O5S/c1-11-3-4-12(16)7-14(11)24(21,22)18-5-6-23-13(9-18)8-17(2)10-15(19)20/h3-4,7,13H,5-6,8-10H2,1-2H3,(H,19,20). The SMILES string of the molecule is Cc1ccc(Cl)cc1S(=O)(=O)N1CCOC(CN(C)CC(=O)O)C1. The van der Waals surface area contributed by atoms with E-state index in [0.717, 1.165) is 0 Å². The molecule has 1 aromatic carbocycles. The van der Waals surface area contributed by atoms with Gasteiger partial charge in [0, 0.05) is 24.7 Å². The van der Waals surface area contributed by atoms with Gasteiger partial charge in [0.05, 0.1) is 24.2 Å². The Morgan fingerprint density at radius 3 is 2.88 bits per heavy atom. The van der Waals surface area contributed by atoms with Crippen LogP contribution in [0.15, 0.2) is 23.1 Å². The van der Waals surface area contributed by atoms with Crippen LogP contribution < -0.4 is 0 Å². The van der Waals surface area contributed by atoms with Crippen molar-refractivity contribution in [3.63, 3.8) is 0 Å². The van der Waals surface area contributed by atoms with E-state index in [9.17, 15) is 13.2 Å². The van der Waals surface area contributed by atoms with Gasteiger partial charge in [0.2, 0.25) is 10.0 Å². The van der Waals surface area contributed by atoms with Crippen LogP contribution in [-0.2, 0) is 19.6 Å². The fourth-order valence-corrected chi connectivity index (χ4v) is 4.60. The van der Waals surface area contributed by atoms with Gasteiger partial charge in [0.1, 0.15) is 0 Å². The Bertz CT molecular complexity index is 710. The van der Waals surface area contributed by atoms with E-state index in [1.165, 1.54) is 10.4 Å². The molecule has 0 radical (unpaired) electrons. The largest absolute Gasteiger partial charge is 0.480 e. The van der Waals surface area contributed by atoms with Crippen molar-refractivity contribution in [1.82, 2.24) is 9.21 Å². The molecule has 0 aromatic heterocycles. The van der Waals surface area contributed by atoms with Crippen LogP contribution in [0.1, 0.15) is 5.56 Å². The van der Waals surface area contributed by atoms with Crippen LogP contribution in [-0.4, -0.2) is 74.6 Å².